The molecule has 0 radical (unpaired) electrons. The molecule has 2 rings (SSSR count). The Kier molecular flexibility index (Phi) is 6.53. The Morgan fingerprint density at radius 1 is 1.48 bits per heavy atom. The quantitative estimate of drug-likeness (QED) is 0.250. The normalized spacial score (nSPS) is 11.3. The van der Waals surface area contributed by atoms with Crippen LogP contribution in [0.25, 0.3) is 0 Å². The minimum Gasteiger partial charge on any atom is -0.473 e. The highest BCUT2D eigenvalue weighted by Crippen LogP contribution is 2.24. The van der Waals surface area contributed by atoms with E-state index in [1.165, 1.54) is 0 Å². The maximum absolute atomic E-state index is 10.6. The van der Waals surface area contributed by atoms with Crippen molar-refractivity contribution in [2.75, 3.05) is 18.6 Å². The molecule has 0 amide bonds. The predicted octanol–water partition coefficient (Wildman–Crippen LogP) is 3.23. The zero-order chi connectivity index (χ0) is 16.7. The molecule has 0 atom stereocenters. The van der Waals surface area contributed by atoms with Gasteiger partial charge in [0.05, 0.1) is 17.6 Å². The van der Waals surface area contributed by atoms with Crippen LogP contribution in [0, 0.1) is 11.8 Å². The van der Waals surface area contributed by atoms with E-state index < -0.39 is 0 Å². The van der Waals surface area contributed by atoms with Crippen LogP contribution in [0.4, 0.5) is 5.69 Å². The lowest BCUT2D eigenvalue weighted by Gasteiger charge is -2.05. The molecule has 0 aliphatic heterocycles. The van der Waals surface area contributed by atoms with Gasteiger partial charge in [-0.3, -0.25) is 0 Å². The number of amidine groups is 1. The van der Waals surface area contributed by atoms with Crippen LogP contribution in [0.5, 0.6) is 5.88 Å². The maximum Gasteiger partial charge on any atom is 0.287 e. The third-order valence-electron chi connectivity index (χ3n) is 2.76. The molecule has 1 N–H and O–H groups in total. The van der Waals surface area contributed by atoms with Gasteiger partial charge in [-0.25, -0.2) is 15.0 Å². The Bertz CT molecular complexity index is 707. The van der Waals surface area contributed by atoms with Crippen molar-refractivity contribution >= 4 is 39.2 Å². The molecule has 0 bridgehead atoms. The average molecular weight is 400 g/mol. The number of nitroso groups, excluding NO2 is 1. The van der Waals surface area contributed by atoms with Gasteiger partial charge in [-0.15, -0.1) is 4.91 Å². The van der Waals surface area contributed by atoms with E-state index in [0.29, 0.717) is 12.3 Å². The first kappa shape index (κ1) is 17.4. The summed E-state index contributed by atoms with van der Waals surface area (Å²) >= 11 is 5.06. The van der Waals surface area contributed by atoms with E-state index in [1.54, 1.807) is 17.8 Å². The highest BCUT2D eigenvalue weighted by molar-refractivity contribution is 9.10. The van der Waals surface area contributed by atoms with Crippen LogP contribution in [0.3, 0.4) is 0 Å². The van der Waals surface area contributed by atoms with Gasteiger partial charge in [-0.2, -0.15) is 11.8 Å². The van der Waals surface area contributed by atoms with E-state index in [2.05, 4.69) is 46.6 Å². The fourth-order valence-electron chi connectivity index (χ4n) is 1.60. The summed E-state index contributed by atoms with van der Waals surface area (Å²) in [6, 6.07) is 5.50. The number of aryl methyl sites for hydroxylation is 1. The van der Waals surface area contributed by atoms with Gasteiger partial charge in [-0.05, 0) is 41.2 Å². The molecular weight excluding hydrogens is 386 g/mol. The second-order valence-corrected chi connectivity index (χ2v) is 6.20. The van der Waals surface area contributed by atoms with Crippen molar-refractivity contribution < 1.29 is 9.37 Å². The van der Waals surface area contributed by atoms with Gasteiger partial charge in [0.1, 0.15) is 0 Å². The second kappa shape index (κ2) is 8.63. The summed E-state index contributed by atoms with van der Waals surface area (Å²) in [4.78, 5) is 14.9. The highest BCUT2D eigenvalue weighted by Gasteiger charge is 2.18. The number of halogens is 1. The summed E-state index contributed by atoms with van der Waals surface area (Å²) in [6.45, 7) is 2.39. The van der Waals surface area contributed by atoms with Crippen molar-refractivity contribution in [3.63, 3.8) is 0 Å². The smallest absolute Gasteiger partial charge is 0.287 e. The van der Waals surface area contributed by atoms with Crippen molar-refractivity contribution in [2.45, 2.75) is 6.92 Å². The van der Waals surface area contributed by atoms with Crippen LogP contribution in [0.15, 0.2) is 37.6 Å². The molecule has 0 aliphatic carbocycles. The lowest BCUT2D eigenvalue weighted by molar-refractivity contribution is 0.265. The first-order chi connectivity index (χ1) is 11.2. The molecule has 10 heteroatoms. The van der Waals surface area contributed by atoms with E-state index >= 15 is 0 Å². The summed E-state index contributed by atoms with van der Waals surface area (Å²) in [7, 11) is 0. The lowest BCUT2D eigenvalue weighted by Crippen LogP contribution is -2.19. The number of thioether (sulfide) groups is 1. The topological polar surface area (TPSA) is 102 Å². The zero-order valence-electron chi connectivity index (χ0n) is 12.4. The van der Waals surface area contributed by atoms with Gasteiger partial charge in [-0.1, -0.05) is 22.0 Å². The summed E-state index contributed by atoms with van der Waals surface area (Å²) in [6.07, 6.45) is 1.96. The second-order valence-electron chi connectivity index (χ2n) is 4.36. The summed E-state index contributed by atoms with van der Waals surface area (Å²) < 4.78 is 11.0. The predicted molar refractivity (Wildman–Crippen MR) is 92.2 cm³/mol. The maximum atomic E-state index is 10.6. The first-order valence-electron chi connectivity index (χ1n) is 6.53. The molecule has 0 aliphatic rings. The Balaban J connectivity index is 2.30. The number of aromatic nitrogens is 2. The zero-order valence-corrected chi connectivity index (χ0v) is 14.8. The molecule has 1 heterocycles. The largest absolute Gasteiger partial charge is 0.473 e. The Labute approximate surface area is 145 Å². The Hall–Kier alpha value is -1.94. The van der Waals surface area contributed by atoms with Gasteiger partial charge in [0, 0.05) is 10.2 Å². The number of rotatable bonds is 7. The van der Waals surface area contributed by atoms with Crippen LogP contribution in [0.2, 0.25) is 0 Å². The monoisotopic (exact) mass is 399 g/mol. The van der Waals surface area contributed by atoms with Gasteiger partial charge in [0.15, 0.2) is 5.84 Å². The molecule has 0 spiro atoms. The number of nitrogens with zero attached hydrogens (tertiary/aromatic N) is 4. The van der Waals surface area contributed by atoms with Gasteiger partial charge in [0.25, 0.3) is 5.88 Å². The van der Waals surface area contributed by atoms with E-state index in [0.717, 1.165) is 15.8 Å². The molecule has 122 valence electrons. The average Bonchev–Trinajstić information content (AvgIpc) is 2.99. The van der Waals surface area contributed by atoms with Crippen molar-refractivity contribution in [3.05, 3.63) is 38.8 Å². The van der Waals surface area contributed by atoms with Crippen molar-refractivity contribution in [1.82, 2.24) is 15.7 Å². The molecular formula is C13H14BrN5O3S. The molecule has 2 aromatic rings. The van der Waals surface area contributed by atoms with E-state index in [-0.39, 0.29) is 17.4 Å². The number of nitrogens with one attached hydrogen (secondary N) is 1. The summed E-state index contributed by atoms with van der Waals surface area (Å²) in [5, 5.41) is 10.1. The lowest BCUT2D eigenvalue weighted by atomic mass is 10.2. The number of hydrogen-bond donors (Lipinski definition) is 1. The molecule has 0 saturated heterocycles. The van der Waals surface area contributed by atoms with E-state index in [1.807, 2.05) is 25.3 Å². The van der Waals surface area contributed by atoms with Crippen LogP contribution in [-0.2, 0) is 0 Å². The highest BCUT2D eigenvalue weighted by atomic mass is 79.9. The molecule has 0 saturated carbocycles. The standard InChI is InChI=1S/C13H14BrN5O3S/c1-8-3-4-9(7-10(8)14)15-12(16-19-20)11-13(18-22-17-11)21-5-6-23-2/h3-4,7H,5-6H2,1-2H3,(H,15,16,20). The van der Waals surface area contributed by atoms with Crippen molar-refractivity contribution in [3.8, 4) is 5.88 Å². The third-order valence-corrected chi connectivity index (χ3v) is 4.19. The molecule has 1 aromatic heterocycles. The number of aliphatic imine (C=N–C) groups is 1. The van der Waals surface area contributed by atoms with Crippen LogP contribution >= 0.6 is 27.7 Å². The first-order valence-corrected chi connectivity index (χ1v) is 8.72. The Morgan fingerprint density at radius 2 is 2.30 bits per heavy atom. The minimum absolute atomic E-state index is 0.0937. The molecule has 1 aromatic carbocycles. The van der Waals surface area contributed by atoms with Crippen LogP contribution in [0.1, 0.15) is 11.3 Å². The van der Waals surface area contributed by atoms with E-state index in [4.69, 9.17) is 4.74 Å². The number of hydrogen-bond acceptors (Lipinski definition) is 8. The molecule has 8 nitrogen and oxygen atoms in total. The van der Waals surface area contributed by atoms with Crippen molar-refractivity contribution in [1.29, 1.82) is 0 Å². The Morgan fingerprint density at radius 3 is 3.00 bits per heavy atom. The summed E-state index contributed by atoms with van der Waals surface area (Å²) in [5.74, 6) is 1.03. The van der Waals surface area contributed by atoms with Gasteiger partial charge < -0.3 is 4.74 Å². The van der Waals surface area contributed by atoms with Gasteiger partial charge >= 0.3 is 0 Å². The number of benzene rings is 1. The minimum atomic E-state index is 0.0937. The van der Waals surface area contributed by atoms with Crippen LogP contribution in [-0.4, -0.2) is 34.8 Å². The third kappa shape index (κ3) is 4.76. The molecule has 23 heavy (non-hydrogen) atoms. The van der Waals surface area contributed by atoms with Crippen LogP contribution < -0.4 is 10.2 Å². The molecule has 0 fully saturated rings. The number of ether oxygens (including phenoxy) is 1. The fourth-order valence-corrected chi connectivity index (χ4v) is 2.21. The van der Waals surface area contributed by atoms with Crippen molar-refractivity contribution in [2.24, 2.45) is 10.3 Å². The van der Waals surface area contributed by atoms with E-state index in [9.17, 15) is 4.91 Å². The van der Waals surface area contributed by atoms with Gasteiger partial charge in [0.2, 0.25) is 5.69 Å². The molecule has 0 unspecified atom stereocenters. The fraction of sp³-hybridized carbons (Fsp3) is 0.308. The SMILES string of the molecule is CSCCOc1nonc1C(=Nc1ccc(C)c(Br)c1)NN=O. The summed E-state index contributed by atoms with van der Waals surface area (Å²) in [5.41, 5.74) is 4.11.